The van der Waals surface area contributed by atoms with E-state index in [-0.39, 0.29) is 31.0 Å². The first-order valence-electron chi connectivity index (χ1n) is 8.66. The lowest BCUT2D eigenvalue weighted by atomic mass is 10.0. The normalized spacial score (nSPS) is 31.2. The average Bonchev–Trinajstić information content (AvgIpc) is 3.12. The number of primary amides is 1. The van der Waals surface area contributed by atoms with Gasteiger partial charge in [-0.05, 0) is 31.7 Å². The molecule has 12 nitrogen and oxygen atoms in total. The van der Waals surface area contributed by atoms with Crippen molar-refractivity contribution in [1.29, 1.82) is 0 Å². The van der Waals surface area contributed by atoms with Crippen LogP contribution in [-0.2, 0) is 30.1 Å². The highest BCUT2D eigenvalue weighted by atomic mass is 32.2. The highest BCUT2D eigenvalue weighted by Crippen LogP contribution is 2.30. The van der Waals surface area contributed by atoms with Crippen LogP contribution in [0.3, 0.4) is 0 Å². The van der Waals surface area contributed by atoms with Crippen molar-refractivity contribution in [2.45, 2.75) is 43.8 Å². The van der Waals surface area contributed by atoms with Crippen molar-refractivity contribution in [2.24, 2.45) is 11.7 Å². The van der Waals surface area contributed by atoms with E-state index in [1.807, 2.05) is 0 Å². The maximum atomic E-state index is 12.4. The molecule has 4 N–H and O–H groups in total. The van der Waals surface area contributed by atoms with Gasteiger partial charge in [-0.25, -0.2) is 14.5 Å². The average molecular weight is 404 g/mol. The molecule has 0 aromatic carbocycles. The lowest BCUT2D eigenvalue weighted by Gasteiger charge is -2.29. The quantitative estimate of drug-likeness (QED) is 0.305. The Hall–Kier alpha value is -1.80. The summed E-state index contributed by atoms with van der Waals surface area (Å²) in [5.74, 6) is -0.665. The second-order valence-corrected chi connectivity index (χ2v) is 7.50. The maximum absolute atomic E-state index is 12.4. The SMILES string of the molecule is NC(=O)C[C@@H]1CN[C@@H](CONC(=O)C2CCC3CN2C(=O)N3OS(=O)[O-])C1. The summed E-state index contributed by atoms with van der Waals surface area (Å²) >= 11 is -2.85. The van der Waals surface area contributed by atoms with Crippen molar-refractivity contribution in [1.82, 2.24) is 20.8 Å². The van der Waals surface area contributed by atoms with Crippen LogP contribution in [0, 0.1) is 5.92 Å². The molecule has 0 saturated carbocycles. The zero-order chi connectivity index (χ0) is 19.6. The number of hydroxylamine groups is 3. The van der Waals surface area contributed by atoms with Crippen LogP contribution in [0.5, 0.6) is 0 Å². The number of hydrogen-bond donors (Lipinski definition) is 3. The molecule has 27 heavy (non-hydrogen) atoms. The summed E-state index contributed by atoms with van der Waals surface area (Å²) in [5, 5.41) is 3.98. The number of urea groups is 1. The third-order valence-corrected chi connectivity index (χ3v) is 5.31. The van der Waals surface area contributed by atoms with Crippen molar-refractivity contribution in [2.75, 3.05) is 19.7 Å². The molecule has 3 rings (SSSR count). The summed E-state index contributed by atoms with van der Waals surface area (Å²) in [6.07, 6.45) is 1.84. The van der Waals surface area contributed by atoms with Gasteiger partial charge in [0.05, 0.1) is 12.6 Å². The zero-order valence-corrected chi connectivity index (χ0v) is 15.3. The van der Waals surface area contributed by atoms with Gasteiger partial charge in [0.25, 0.3) is 5.91 Å². The van der Waals surface area contributed by atoms with Crippen molar-refractivity contribution >= 4 is 29.2 Å². The van der Waals surface area contributed by atoms with Crippen molar-refractivity contribution in [3.8, 4) is 0 Å². The monoisotopic (exact) mass is 404 g/mol. The molecule has 3 saturated heterocycles. The van der Waals surface area contributed by atoms with Gasteiger partial charge in [0.15, 0.2) is 0 Å². The predicted octanol–water partition coefficient (Wildman–Crippen LogP) is -2.12. The van der Waals surface area contributed by atoms with E-state index in [1.165, 1.54) is 4.90 Å². The van der Waals surface area contributed by atoms with Crippen LogP contribution in [0.15, 0.2) is 0 Å². The third-order valence-electron chi connectivity index (χ3n) is 5.03. The van der Waals surface area contributed by atoms with Crippen LogP contribution < -0.4 is 16.5 Å². The highest BCUT2D eigenvalue weighted by molar-refractivity contribution is 7.74. The summed E-state index contributed by atoms with van der Waals surface area (Å²) in [5.41, 5.74) is 7.53. The van der Waals surface area contributed by atoms with Crippen LogP contribution in [0.2, 0.25) is 0 Å². The molecule has 152 valence electrons. The molecule has 0 radical (unpaired) electrons. The number of carbonyl (C=O) groups is 3. The van der Waals surface area contributed by atoms with Gasteiger partial charge in [-0.3, -0.25) is 14.4 Å². The Balaban J connectivity index is 1.43. The molecule has 0 aromatic rings. The molecular formula is C14H22N5O7S-. The number of nitrogens with one attached hydrogen (secondary N) is 2. The van der Waals surface area contributed by atoms with E-state index >= 15 is 0 Å². The molecule has 13 heteroatoms. The van der Waals surface area contributed by atoms with Crippen LogP contribution >= 0.6 is 0 Å². The Bertz CT molecular complexity index is 635. The zero-order valence-electron chi connectivity index (χ0n) is 14.5. The van der Waals surface area contributed by atoms with Gasteiger partial charge in [-0.15, -0.1) is 0 Å². The molecule has 3 heterocycles. The second-order valence-electron chi connectivity index (χ2n) is 6.94. The lowest BCUT2D eigenvalue weighted by Crippen LogP contribution is -2.50. The Morgan fingerprint density at radius 1 is 1.41 bits per heavy atom. The van der Waals surface area contributed by atoms with Crippen molar-refractivity contribution < 1.29 is 32.3 Å². The number of fused-ring (bicyclic) bond motifs is 2. The summed E-state index contributed by atoms with van der Waals surface area (Å²) in [6.45, 7) is 1.09. The summed E-state index contributed by atoms with van der Waals surface area (Å²) in [7, 11) is 0. The van der Waals surface area contributed by atoms with E-state index in [4.69, 9.17) is 10.6 Å². The lowest BCUT2D eigenvalue weighted by molar-refractivity contribution is -0.139. The number of carbonyl (C=O) groups excluding carboxylic acids is 3. The van der Waals surface area contributed by atoms with E-state index in [2.05, 4.69) is 15.1 Å². The van der Waals surface area contributed by atoms with Crippen LogP contribution in [0.25, 0.3) is 0 Å². The van der Waals surface area contributed by atoms with E-state index in [9.17, 15) is 23.1 Å². The first-order chi connectivity index (χ1) is 12.8. The van der Waals surface area contributed by atoms with Crippen LogP contribution in [-0.4, -0.2) is 74.4 Å². The first-order valence-corrected chi connectivity index (χ1v) is 9.66. The smallest absolute Gasteiger partial charge is 0.346 e. The Morgan fingerprint density at radius 3 is 2.89 bits per heavy atom. The Labute approximate surface area is 158 Å². The van der Waals surface area contributed by atoms with Gasteiger partial charge in [0, 0.05) is 19.0 Å². The molecule has 3 unspecified atom stereocenters. The second kappa shape index (κ2) is 8.48. The topological polar surface area (TPSA) is 166 Å². The number of nitrogens with two attached hydrogens (primary N) is 1. The van der Waals surface area contributed by atoms with Gasteiger partial charge in [-0.2, -0.15) is 9.35 Å². The summed E-state index contributed by atoms with van der Waals surface area (Å²) < 4.78 is 25.9. The Morgan fingerprint density at radius 2 is 2.19 bits per heavy atom. The van der Waals surface area contributed by atoms with Gasteiger partial charge in [0.2, 0.25) is 5.91 Å². The molecule has 0 aromatic heterocycles. The standard InChI is InChI=1S/C14H23N5O7S/c15-12(20)4-8-3-9(16-5-8)7-25-17-13(21)11-2-1-10-6-18(11)14(22)19(10)26-27(23)24/h8-11,16H,1-7H2,(H2,15,20)(H,17,21)(H,23,24)/p-1/t8-,9-,10?,11?/m1/s1. The molecule has 0 spiro atoms. The number of hydrogen-bond acceptors (Lipinski definition) is 8. The van der Waals surface area contributed by atoms with E-state index in [1.54, 1.807) is 0 Å². The minimum atomic E-state index is -2.85. The van der Waals surface area contributed by atoms with Gasteiger partial charge in [-0.1, -0.05) is 0 Å². The van der Waals surface area contributed by atoms with Crippen LogP contribution in [0.4, 0.5) is 4.79 Å². The van der Waals surface area contributed by atoms with E-state index < -0.39 is 35.4 Å². The molecule has 3 aliphatic heterocycles. The minimum absolute atomic E-state index is 0.00488. The molecule has 3 fully saturated rings. The maximum Gasteiger partial charge on any atom is 0.346 e. The first kappa shape index (κ1) is 19.9. The van der Waals surface area contributed by atoms with E-state index in [0.29, 0.717) is 32.2 Å². The molecule has 0 aliphatic carbocycles. The molecule has 3 aliphatic rings. The summed E-state index contributed by atoms with van der Waals surface area (Å²) in [4.78, 5) is 42.1. The largest absolute Gasteiger partial charge is 0.748 e. The molecule has 5 atom stereocenters. The molecule has 2 bridgehead atoms. The van der Waals surface area contributed by atoms with Crippen molar-refractivity contribution in [3.63, 3.8) is 0 Å². The predicted molar refractivity (Wildman–Crippen MR) is 88.6 cm³/mol. The molecule has 4 amide bonds. The number of rotatable bonds is 8. The summed E-state index contributed by atoms with van der Waals surface area (Å²) in [6, 6.07) is -1.81. The fraction of sp³-hybridized carbons (Fsp3) is 0.786. The van der Waals surface area contributed by atoms with Gasteiger partial charge < -0.3 is 20.5 Å². The van der Waals surface area contributed by atoms with Gasteiger partial charge >= 0.3 is 6.03 Å². The number of amides is 4. The highest BCUT2D eigenvalue weighted by Gasteiger charge is 2.48. The molecular weight excluding hydrogens is 382 g/mol. The van der Waals surface area contributed by atoms with Crippen LogP contribution in [0.1, 0.15) is 25.7 Å². The number of nitrogens with zero attached hydrogens (tertiary/aromatic N) is 2. The van der Waals surface area contributed by atoms with Crippen molar-refractivity contribution in [3.05, 3.63) is 0 Å². The Kier molecular flexibility index (Phi) is 6.26. The number of piperidine rings is 1. The third kappa shape index (κ3) is 4.73. The fourth-order valence-corrected chi connectivity index (χ4v) is 4.14. The fourth-order valence-electron chi connectivity index (χ4n) is 3.82. The minimum Gasteiger partial charge on any atom is -0.748 e. The van der Waals surface area contributed by atoms with Gasteiger partial charge in [0.1, 0.15) is 17.4 Å². The van der Waals surface area contributed by atoms with E-state index in [0.717, 1.165) is 5.06 Å².